The Hall–Kier alpha value is -2.10. The monoisotopic (exact) mass is 290 g/mol. The minimum atomic E-state index is -0.618. The zero-order valence-corrected chi connectivity index (χ0v) is 12.4. The Bertz CT molecular complexity index is 491. The van der Waals surface area contributed by atoms with Crippen LogP contribution in [0.5, 0.6) is 5.75 Å². The molecule has 0 aliphatic rings. The average molecular weight is 290 g/mol. The topological polar surface area (TPSA) is 63.6 Å². The molecule has 0 amide bonds. The molecule has 0 fully saturated rings. The van der Waals surface area contributed by atoms with Crippen LogP contribution < -0.4 is 0 Å². The van der Waals surface area contributed by atoms with Gasteiger partial charge in [-0.2, -0.15) is 0 Å². The van der Waals surface area contributed by atoms with Crippen LogP contribution in [0.4, 0.5) is 0 Å². The minimum Gasteiger partial charge on any atom is -0.507 e. The molecule has 0 saturated carbocycles. The first-order valence-electron chi connectivity index (χ1n) is 7.29. The van der Waals surface area contributed by atoms with Gasteiger partial charge in [0.25, 0.3) is 0 Å². The van der Waals surface area contributed by atoms with Gasteiger partial charge in [-0.05, 0) is 31.1 Å². The van der Waals surface area contributed by atoms with Crippen molar-refractivity contribution in [1.29, 1.82) is 0 Å². The minimum absolute atomic E-state index is 0.0191. The van der Waals surface area contributed by atoms with E-state index in [2.05, 4.69) is 6.92 Å². The Morgan fingerprint density at radius 3 is 2.71 bits per heavy atom. The van der Waals surface area contributed by atoms with E-state index in [0.29, 0.717) is 0 Å². The van der Waals surface area contributed by atoms with Gasteiger partial charge >= 0.3 is 5.97 Å². The molecule has 4 heteroatoms. The predicted octanol–water partition coefficient (Wildman–Crippen LogP) is 3.64. The van der Waals surface area contributed by atoms with Gasteiger partial charge in [0.15, 0.2) is 5.78 Å². The maximum absolute atomic E-state index is 11.7. The summed E-state index contributed by atoms with van der Waals surface area (Å²) < 4.78 is 4.97. The fraction of sp³-hybridized carbons (Fsp3) is 0.412. The maximum Gasteiger partial charge on any atom is 0.341 e. The molecular weight excluding hydrogens is 268 g/mol. The summed E-state index contributed by atoms with van der Waals surface area (Å²) >= 11 is 0. The first kappa shape index (κ1) is 17.0. The van der Waals surface area contributed by atoms with Gasteiger partial charge in [-0.25, -0.2) is 4.79 Å². The normalized spacial score (nSPS) is 10.7. The number of allylic oxidation sites excluding steroid dienone is 2. The number of benzene rings is 1. The lowest BCUT2D eigenvalue weighted by Gasteiger charge is -2.04. The van der Waals surface area contributed by atoms with Gasteiger partial charge in [0.05, 0.1) is 6.61 Å². The molecule has 114 valence electrons. The van der Waals surface area contributed by atoms with Crippen molar-refractivity contribution in [2.45, 2.75) is 39.0 Å². The predicted molar refractivity (Wildman–Crippen MR) is 81.3 cm³/mol. The van der Waals surface area contributed by atoms with Gasteiger partial charge in [-0.15, -0.1) is 0 Å². The largest absolute Gasteiger partial charge is 0.507 e. The Kier molecular flexibility index (Phi) is 7.87. The summed E-state index contributed by atoms with van der Waals surface area (Å²) in [7, 11) is 0. The molecule has 1 aromatic carbocycles. The highest BCUT2D eigenvalue weighted by Gasteiger charge is 2.11. The maximum atomic E-state index is 11.7. The summed E-state index contributed by atoms with van der Waals surface area (Å²) in [6, 6.07) is 6.16. The number of unbranched alkanes of at least 4 members (excludes halogenated alkanes) is 3. The van der Waals surface area contributed by atoms with Crippen LogP contribution in [0.1, 0.15) is 49.4 Å². The number of phenols is 1. The molecule has 0 radical (unpaired) electrons. The van der Waals surface area contributed by atoms with Gasteiger partial charge in [0, 0.05) is 6.42 Å². The third kappa shape index (κ3) is 6.75. The molecule has 0 atom stereocenters. The molecule has 21 heavy (non-hydrogen) atoms. The number of carbonyl (C=O) groups excluding carboxylic acids is 2. The van der Waals surface area contributed by atoms with E-state index in [9.17, 15) is 14.7 Å². The van der Waals surface area contributed by atoms with Crippen LogP contribution in [0.25, 0.3) is 0 Å². The van der Waals surface area contributed by atoms with E-state index in [1.165, 1.54) is 12.1 Å². The van der Waals surface area contributed by atoms with Crippen LogP contribution in [0.2, 0.25) is 0 Å². The van der Waals surface area contributed by atoms with Gasteiger partial charge < -0.3 is 9.84 Å². The molecule has 0 unspecified atom stereocenters. The lowest BCUT2D eigenvalue weighted by atomic mass is 10.2. The highest BCUT2D eigenvalue weighted by molar-refractivity contribution is 5.93. The molecule has 1 N–H and O–H groups in total. The summed E-state index contributed by atoms with van der Waals surface area (Å²) in [6.07, 6.45) is 7.87. The number of aromatic hydroxyl groups is 1. The van der Waals surface area contributed by atoms with Crippen molar-refractivity contribution in [2.75, 3.05) is 6.61 Å². The van der Waals surface area contributed by atoms with Crippen molar-refractivity contribution in [1.82, 2.24) is 0 Å². The zero-order chi connectivity index (χ0) is 15.5. The first-order chi connectivity index (χ1) is 10.1. The van der Waals surface area contributed by atoms with Gasteiger partial charge in [-0.1, -0.05) is 38.0 Å². The second kappa shape index (κ2) is 9.75. The van der Waals surface area contributed by atoms with Crippen molar-refractivity contribution >= 4 is 11.8 Å². The number of ketones is 1. The number of esters is 1. The summed E-state index contributed by atoms with van der Waals surface area (Å²) in [6.45, 7) is 2.15. The van der Waals surface area contributed by atoms with Crippen molar-refractivity contribution in [2.24, 2.45) is 0 Å². The van der Waals surface area contributed by atoms with E-state index in [1.54, 1.807) is 18.2 Å². The molecule has 0 saturated heterocycles. The lowest BCUT2D eigenvalue weighted by molar-refractivity contribution is -0.115. The average Bonchev–Trinajstić information content (AvgIpc) is 2.47. The molecule has 0 aromatic heterocycles. The van der Waals surface area contributed by atoms with Gasteiger partial charge in [0.1, 0.15) is 11.3 Å². The van der Waals surface area contributed by atoms with Crippen LogP contribution in [0.3, 0.4) is 0 Å². The van der Waals surface area contributed by atoms with Crippen molar-refractivity contribution < 1.29 is 19.4 Å². The standard InChI is InChI=1S/C17H22O4/c1-2-3-4-5-6-9-14(18)12-13-21-17(20)15-10-7-8-11-16(15)19/h6-11,19H,2-5,12-13H2,1H3. The highest BCUT2D eigenvalue weighted by atomic mass is 16.5. The van der Waals surface area contributed by atoms with Crippen LogP contribution >= 0.6 is 0 Å². The van der Waals surface area contributed by atoms with Crippen LogP contribution in [0.15, 0.2) is 36.4 Å². The second-order valence-corrected chi connectivity index (χ2v) is 4.77. The number of hydrogen-bond acceptors (Lipinski definition) is 4. The van der Waals surface area contributed by atoms with E-state index in [1.807, 2.05) is 6.08 Å². The number of ether oxygens (including phenoxy) is 1. The third-order valence-electron chi connectivity index (χ3n) is 2.98. The van der Waals surface area contributed by atoms with Crippen LogP contribution in [-0.4, -0.2) is 23.5 Å². The van der Waals surface area contributed by atoms with Crippen LogP contribution in [-0.2, 0) is 9.53 Å². The van der Waals surface area contributed by atoms with Crippen molar-refractivity contribution in [3.05, 3.63) is 42.0 Å². The van der Waals surface area contributed by atoms with E-state index >= 15 is 0 Å². The number of rotatable bonds is 9. The molecule has 0 aliphatic heterocycles. The Balaban J connectivity index is 2.25. The Labute approximate surface area is 125 Å². The Morgan fingerprint density at radius 2 is 2.00 bits per heavy atom. The highest BCUT2D eigenvalue weighted by Crippen LogP contribution is 2.16. The lowest BCUT2D eigenvalue weighted by Crippen LogP contribution is -2.09. The zero-order valence-electron chi connectivity index (χ0n) is 12.4. The summed E-state index contributed by atoms with van der Waals surface area (Å²) in [4.78, 5) is 23.2. The Morgan fingerprint density at radius 1 is 1.24 bits per heavy atom. The van der Waals surface area contributed by atoms with Crippen molar-refractivity contribution in [3.63, 3.8) is 0 Å². The van der Waals surface area contributed by atoms with Crippen LogP contribution in [0, 0.1) is 0 Å². The molecule has 0 heterocycles. The van der Waals surface area contributed by atoms with Gasteiger partial charge in [0.2, 0.25) is 0 Å². The molecule has 1 rings (SSSR count). The first-order valence-corrected chi connectivity index (χ1v) is 7.29. The van der Waals surface area contributed by atoms with Gasteiger partial charge in [-0.3, -0.25) is 4.79 Å². The number of hydrogen-bond donors (Lipinski definition) is 1. The quantitative estimate of drug-likeness (QED) is 0.428. The summed E-state index contributed by atoms with van der Waals surface area (Å²) in [5.41, 5.74) is 0.111. The van der Waals surface area contributed by atoms with E-state index in [-0.39, 0.29) is 30.1 Å². The summed E-state index contributed by atoms with van der Waals surface area (Å²) in [5, 5.41) is 9.50. The SMILES string of the molecule is CCCCCC=CC(=O)CCOC(=O)c1ccccc1O. The smallest absolute Gasteiger partial charge is 0.341 e. The van der Waals surface area contributed by atoms with E-state index in [4.69, 9.17) is 4.74 Å². The number of carbonyl (C=O) groups is 2. The third-order valence-corrected chi connectivity index (χ3v) is 2.98. The van der Waals surface area contributed by atoms with E-state index in [0.717, 1.165) is 25.7 Å². The second-order valence-electron chi connectivity index (χ2n) is 4.77. The summed E-state index contributed by atoms with van der Waals surface area (Å²) in [5.74, 6) is -0.797. The van der Waals surface area contributed by atoms with E-state index < -0.39 is 5.97 Å². The molecule has 1 aromatic rings. The fourth-order valence-corrected chi connectivity index (χ4v) is 1.78. The molecule has 0 spiro atoms. The molecule has 0 aliphatic carbocycles. The number of para-hydroxylation sites is 1. The molecule has 4 nitrogen and oxygen atoms in total. The fourth-order valence-electron chi connectivity index (χ4n) is 1.78. The number of phenolic OH excluding ortho intramolecular Hbond substituents is 1. The molecular formula is C17H22O4. The molecule has 0 bridgehead atoms. The van der Waals surface area contributed by atoms with Crippen molar-refractivity contribution in [3.8, 4) is 5.75 Å².